The van der Waals surface area contributed by atoms with Crippen molar-refractivity contribution >= 4 is 22.8 Å². The van der Waals surface area contributed by atoms with Gasteiger partial charge in [0.15, 0.2) is 0 Å². The Morgan fingerprint density at radius 2 is 1.84 bits per heavy atom. The van der Waals surface area contributed by atoms with E-state index < -0.39 is 0 Å². The number of nitrogens with zero attached hydrogens (tertiary/aromatic N) is 4. The van der Waals surface area contributed by atoms with Crippen LogP contribution in [0, 0.1) is 0 Å². The SMILES string of the molecule is CCCCCCNNC(=O)c1cnc(N2CCN(Cc3c[nH]c4ccccc34)CC2)nc1. The van der Waals surface area contributed by atoms with E-state index in [4.69, 9.17) is 0 Å². The number of para-hydroxylation sites is 1. The lowest BCUT2D eigenvalue weighted by Gasteiger charge is -2.34. The quantitative estimate of drug-likeness (QED) is 0.335. The Labute approximate surface area is 189 Å². The van der Waals surface area contributed by atoms with Crippen molar-refractivity contribution in [3.63, 3.8) is 0 Å². The van der Waals surface area contributed by atoms with Crippen LogP contribution in [0.3, 0.4) is 0 Å². The highest BCUT2D eigenvalue weighted by molar-refractivity contribution is 5.93. The third kappa shape index (κ3) is 5.63. The van der Waals surface area contributed by atoms with E-state index >= 15 is 0 Å². The molecule has 3 heterocycles. The normalized spacial score (nSPS) is 14.7. The number of carbonyl (C=O) groups excluding carboxylic acids is 1. The molecule has 1 amide bonds. The molecule has 32 heavy (non-hydrogen) atoms. The van der Waals surface area contributed by atoms with Gasteiger partial charge in [0.25, 0.3) is 5.91 Å². The molecule has 1 fully saturated rings. The number of anilines is 1. The molecule has 0 bridgehead atoms. The zero-order valence-electron chi connectivity index (χ0n) is 18.8. The topological polar surface area (TPSA) is 89.2 Å². The highest BCUT2D eigenvalue weighted by Crippen LogP contribution is 2.20. The summed E-state index contributed by atoms with van der Waals surface area (Å²) in [6.07, 6.45) is 9.98. The van der Waals surface area contributed by atoms with Crippen LogP contribution in [0.25, 0.3) is 10.9 Å². The summed E-state index contributed by atoms with van der Waals surface area (Å²) in [7, 11) is 0. The van der Waals surface area contributed by atoms with Crippen molar-refractivity contribution in [2.45, 2.75) is 39.2 Å². The summed E-state index contributed by atoms with van der Waals surface area (Å²) in [6, 6.07) is 8.43. The number of carbonyl (C=O) groups is 1. The summed E-state index contributed by atoms with van der Waals surface area (Å²) in [4.78, 5) is 29.1. The third-order valence-electron chi connectivity index (χ3n) is 5.98. The highest BCUT2D eigenvalue weighted by Gasteiger charge is 2.20. The summed E-state index contributed by atoms with van der Waals surface area (Å²) >= 11 is 0. The lowest BCUT2D eigenvalue weighted by molar-refractivity contribution is 0.0932. The first kappa shape index (κ1) is 22.2. The van der Waals surface area contributed by atoms with Crippen molar-refractivity contribution in [3.05, 3.63) is 54.0 Å². The molecule has 0 saturated carbocycles. The molecule has 1 aromatic carbocycles. The number of piperazine rings is 1. The number of aromatic nitrogens is 3. The van der Waals surface area contributed by atoms with Crippen LogP contribution in [0.1, 0.15) is 48.5 Å². The second-order valence-electron chi connectivity index (χ2n) is 8.34. The first-order valence-corrected chi connectivity index (χ1v) is 11.6. The summed E-state index contributed by atoms with van der Waals surface area (Å²) in [5.74, 6) is 0.483. The average molecular weight is 436 g/mol. The fraction of sp³-hybridized carbons (Fsp3) is 0.458. The molecule has 0 atom stereocenters. The van der Waals surface area contributed by atoms with Crippen LogP contribution in [0.15, 0.2) is 42.9 Å². The van der Waals surface area contributed by atoms with Crippen LogP contribution in [-0.2, 0) is 6.54 Å². The Bertz CT molecular complexity index is 993. The second-order valence-corrected chi connectivity index (χ2v) is 8.34. The molecule has 170 valence electrons. The molecule has 3 N–H and O–H groups in total. The fourth-order valence-electron chi connectivity index (χ4n) is 4.07. The van der Waals surface area contributed by atoms with Gasteiger partial charge in [-0.3, -0.25) is 15.1 Å². The minimum absolute atomic E-state index is 0.199. The highest BCUT2D eigenvalue weighted by atomic mass is 16.2. The monoisotopic (exact) mass is 435 g/mol. The molecule has 1 saturated heterocycles. The van der Waals surface area contributed by atoms with Gasteiger partial charge in [-0.05, 0) is 18.1 Å². The number of rotatable bonds is 10. The van der Waals surface area contributed by atoms with E-state index in [9.17, 15) is 4.79 Å². The van der Waals surface area contributed by atoms with Crippen LogP contribution < -0.4 is 15.8 Å². The first-order valence-electron chi connectivity index (χ1n) is 11.6. The zero-order chi connectivity index (χ0) is 22.2. The van der Waals surface area contributed by atoms with Gasteiger partial charge in [-0.1, -0.05) is 44.4 Å². The Morgan fingerprint density at radius 3 is 2.62 bits per heavy atom. The summed E-state index contributed by atoms with van der Waals surface area (Å²) in [6.45, 7) is 7.53. The number of hydrogen-bond donors (Lipinski definition) is 3. The standard InChI is InChI=1S/C24H33N7O/c1-2-3-4-7-10-28-29-23(32)19-15-26-24(27-16-19)31-13-11-30(12-14-31)18-20-17-25-22-9-6-5-8-21(20)22/h5-6,8-9,15-17,25,28H,2-4,7,10-14,18H2,1H3,(H,29,32). The predicted octanol–water partition coefficient (Wildman–Crippen LogP) is 3.09. The molecule has 0 unspecified atom stereocenters. The van der Waals surface area contributed by atoms with Crippen LogP contribution in [-0.4, -0.2) is 58.5 Å². The van der Waals surface area contributed by atoms with E-state index in [1.165, 1.54) is 35.7 Å². The van der Waals surface area contributed by atoms with E-state index in [1.54, 1.807) is 12.4 Å². The minimum atomic E-state index is -0.199. The smallest absolute Gasteiger partial charge is 0.268 e. The number of benzene rings is 1. The zero-order valence-corrected chi connectivity index (χ0v) is 18.8. The molecule has 2 aromatic heterocycles. The number of aromatic amines is 1. The maximum Gasteiger partial charge on any atom is 0.268 e. The molecule has 8 heteroatoms. The molecular weight excluding hydrogens is 402 g/mol. The fourth-order valence-corrected chi connectivity index (χ4v) is 4.07. The van der Waals surface area contributed by atoms with Gasteiger partial charge in [0.1, 0.15) is 0 Å². The summed E-state index contributed by atoms with van der Waals surface area (Å²) in [5.41, 5.74) is 8.69. The summed E-state index contributed by atoms with van der Waals surface area (Å²) in [5, 5.41) is 1.29. The van der Waals surface area contributed by atoms with Crippen molar-refractivity contribution in [2.24, 2.45) is 0 Å². The van der Waals surface area contributed by atoms with E-state index in [0.717, 1.165) is 45.7 Å². The number of nitrogens with one attached hydrogen (secondary N) is 3. The van der Waals surface area contributed by atoms with Gasteiger partial charge in [-0.2, -0.15) is 0 Å². The molecule has 3 aromatic rings. The van der Waals surface area contributed by atoms with Crippen LogP contribution in [0.4, 0.5) is 5.95 Å². The molecule has 8 nitrogen and oxygen atoms in total. The van der Waals surface area contributed by atoms with Crippen LogP contribution in [0.5, 0.6) is 0 Å². The lowest BCUT2D eigenvalue weighted by Crippen LogP contribution is -2.46. The first-order chi connectivity index (χ1) is 15.7. The van der Waals surface area contributed by atoms with Crippen molar-refractivity contribution in [3.8, 4) is 0 Å². The molecule has 0 radical (unpaired) electrons. The van der Waals surface area contributed by atoms with Crippen molar-refractivity contribution in [2.75, 3.05) is 37.6 Å². The van der Waals surface area contributed by atoms with Gasteiger partial charge in [-0.15, -0.1) is 0 Å². The van der Waals surface area contributed by atoms with E-state index in [2.05, 4.69) is 73.0 Å². The van der Waals surface area contributed by atoms with Crippen molar-refractivity contribution in [1.29, 1.82) is 0 Å². The Hall–Kier alpha value is -2.97. The Balaban J connectivity index is 1.23. The molecule has 1 aliphatic rings. The van der Waals surface area contributed by atoms with E-state index in [1.807, 2.05) is 0 Å². The number of hydrazine groups is 1. The number of hydrogen-bond acceptors (Lipinski definition) is 6. The lowest BCUT2D eigenvalue weighted by atomic mass is 10.1. The molecule has 4 rings (SSSR count). The number of fused-ring (bicyclic) bond motifs is 1. The number of H-pyrrole nitrogens is 1. The Kier molecular flexibility index (Phi) is 7.68. The summed E-state index contributed by atoms with van der Waals surface area (Å²) < 4.78 is 0. The maximum absolute atomic E-state index is 12.2. The van der Waals surface area contributed by atoms with Gasteiger partial charge >= 0.3 is 0 Å². The van der Waals surface area contributed by atoms with Gasteiger partial charge in [-0.25, -0.2) is 15.4 Å². The van der Waals surface area contributed by atoms with Gasteiger partial charge < -0.3 is 9.88 Å². The maximum atomic E-state index is 12.2. The molecular formula is C24H33N7O. The van der Waals surface area contributed by atoms with Crippen LogP contribution in [0.2, 0.25) is 0 Å². The molecule has 0 aliphatic carbocycles. The Morgan fingerprint density at radius 1 is 1.06 bits per heavy atom. The van der Waals surface area contributed by atoms with E-state index in [0.29, 0.717) is 11.5 Å². The van der Waals surface area contributed by atoms with Crippen LogP contribution >= 0.6 is 0 Å². The second kappa shape index (κ2) is 11.1. The molecule has 1 aliphatic heterocycles. The van der Waals surface area contributed by atoms with Gasteiger partial charge in [0.2, 0.25) is 5.95 Å². The number of unbranched alkanes of at least 4 members (excludes halogenated alkanes) is 3. The molecule has 0 spiro atoms. The van der Waals surface area contributed by atoms with Crippen molar-refractivity contribution in [1.82, 2.24) is 30.7 Å². The number of amides is 1. The largest absolute Gasteiger partial charge is 0.361 e. The van der Waals surface area contributed by atoms with Gasteiger partial charge in [0.05, 0.1) is 5.56 Å². The van der Waals surface area contributed by atoms with E-state index in [-0.39, 0.29) is 5.91 Å². The van der Waals surface area contributed by atoms with Crippen molar-refractivity contribution < 1.29 is 4.79 Å². The predicted molar refractivity (Wildman–Crippen MR) is 127 cm³/mol. The third-order valence-corrected chi connectivity index (χ3v) is 5.98. The minimum Gasteiger partial charge on any atom is -0.361 e. The average Bonchev–Trinajstić information content (AvgIpc) is 3.24. The van der Waals surface area contributed by atoms with Gasteiger partial charge in [0, 0.05) is 68.8 Å².